The fourth-order valence-electron chi connectivity index (χ4n) is 2.12. The summed E-state index contributed by atoms with van der Waals surface area (Å²) in [6.07, 6.45) is 3.36. The van der Waals surface area contributed by atoms with Crippen molar-refractivity contribution >= 4 is 22.3 Å². The summed E-state index contributed by atoms with van der Waals surface area (Å²) < 4.78 is 17.3. The molecule has 6 heteroatoms. The number of fused-ring (bicyclic) bond motifs is 1. The van der Waals surface area contributed by atoms with Crippen LogP contribution in [-0.2, 0) is 11.2 Å². The second kappa shape index (κ2) is 5.75. The van der Waals surface area contributed by atoms with E-state index in [-0.39, 0.29) is 0 Å². The standard InChI is InChI=1S/C15H15N3O2S/c1-3-20-13-9-10(21(2)19)6-7-11(13)14-17-12-5-4-8-16-15(12)18-14/h4-9H,3H2,1-2H3,(H,16,17,18). The molecule has 0 bridgehead atoms. The molecular formula is C15H15N3O2S. The van der Waals surface area contributed by atoms with Gasteiger partial charge in [0.2, 0.25) is 0 Å². The van der Waals surface area contributed by atoms with Crippen LogP contribution >= 0.6 is 0 Å². The molecule has 2 heterocycles. The van der Waals surface area contributed by atoms with Crippen LogP contribution in [-0.4, -0.2) is 32.4 Å². The third-order valence-electron chi connectivity index (χ3n) is 3.10. The lowest BCUT2D eigenvalue weighted by Crippen LogP contribution is -2.00. The summed E-state index contributed by atoms with van der Waals surface area (Å²) >= 11 is -1.05. The predicted octanol–water partition coefficient (Wildman–Crippen LogP) is 2.76. The van der Waals surface area contributed by atoms with Gasteiger partial charge in [-0.25, -0.2) is 9.97 Å². The number of aromatic amines is 1. The highest BCUT2D eigenvalue weighted by Gasteiger charge is 2.15. The van der Waals surface area contributed by atoms with Gasteiger partial charge in [-0.1, -0.05) is 0 Å². The zero-order chi connectivity index (χ0) is 14.8. The smallest absolute Gasteiger partial charge is 0.178 e. The third-order valence-corrected chi connectivity index (χ3v) is 4.02. The molecule has 3 aromatic rings. The molecule has 0 fully saturated rings. The number of benzene rings is 1. The first kappa shape index (κ1) is 13.9. The average molecular weight is 301 g/mol. The highest BCUT2D eigenvalue weighted by atomic mass is 32.2. The number of rotatable bonds is 4. The van der Waals surface area contributed by atoms with Gasteiger partial charge in [0.1, 0.15) is 17.8 Å². The summed E-state index contributed by atoms with van der Waals surface area (Å²) in [5.41, 5.74) is 2.38. The maximum atomic E-state index is 11.6. The summed E-state index contributed by atoms with van der Waals surface area (Å²) in [4.78, 5) is 12.7. The number of nitrogens with one attached hydrogen (secondary N) is 1. The molecule has 0 amide bonds. The Morgan fingerprint density at radius 1 is 1.33 bits per heavy atom. The van der Waals surface area contributed by atoms with Gasteiger partial charge in [0.15, 0.2) is 10.5 Å². The molecule has 21 heavy (non-hydrogen) atoms. The number of pyridine rings is 1. The first-order valence-corrected chi connectivity index (χ1v) is 8.16. The van der Waals surface area contributed by atoms with E-state index in [1.807, 2.05) is 31.2 Å². The molecule has 5 nitrogen and oxygen atoms in total. The van der Waals surface area contributed by atoms with Crippen LogP contribution < -0.4 is 4.74 Å². The molecule has 0 aliphatic rings. The molecule has 0 radical (unpaired) electrons. The summed E-state index contributed by atoms with van der Waals surface area (Å²) in [5, 5.41) is 0. The van der Waals surface area contributed by atoms with E-state index in [2.05, 4.69) is 15.0 Å². The maximum Gasteiger partial charge on any atom is 0.178 e. The zero-order valence-corrected chi connectivity index (χ0v) is 12.6. The van der Waals surface area contributed by atoms with E-state index >= 15 is 0 Å². The number of aromatic nitrogens is 3. The van der Waals surface area contributed by atoms with Crippen LogP contribution in [0.5, 0.6) is 5.75 Å². The summed E-state index contributed by atoms with van der Waals surface area (Å²) in [6, 6.07) is 9.29. The second-order valence-electron chi connectivity index (χ2n) is 4.51. The predicted molar refractivity (Wildman–Crippen MR) is 82.8 cm³/mol. The molecule has 1 aromatic carbocycles. The van der Waals surface area contributed by atoms with Gasteiger partial charge in [-0.05, 0) is 42.4 Å². The lowest BCUT2D eigenvalue weighted by atomic mass is 10.2. The van der Waals surface area contributed by atoms with Crippen molar-refractivity contribution in [1.82, 2.24) is 15.0 Å². The number of hydrogen-bond acceptors (Lipinski definition) is 4. The van der Waals surface area contributed by atoms with Crippen LogP contribution in [0.4, 0.5) is 0 Å². The molecular weight excluding hydrogens is 286 g/mol. The molecule has 108 valence electrons. The van der Waals surface area contributed by atoms with Crippen LogP contribution in [0.2, 0.25) is 0 Å². The summed E-state index contributed by atoms with van der Waals surface area (Å²) in [6.45, 7) is 2.45. The fourth-order valence-corrected chi connectivity index (χ4v) is 2.66. The Labute approximate surface area is 125 Å². The molecule has 3 rings (SSSR count). The number of H-pyrrole nitrogens is 1. The van der Waals surface area contributed by atoms with Gasteiger partial charge in [-0.2, -0.15) is 0 Å². The van der Waals surface area contributed by atoms with Crippen molar-refractivity contribution in [2.24, 2.45) is 0 Å². The molecule has 1 unspecified atom stereocenters. The normalized spacial score (nSPS) is 12.5. The Bertz CT molecular complexity index is 737. The number of ether oxygens (including phenoxy) is 1. The van der Waals surface area contributed by atoms with Crippen LogP contribution in [0.25, 0.3) is 22.6 Å². The third kappa shape index (κ3) is 2.72. The van der Waals surface area contributed by atoms with Gasteiger partial charge < -0.3 is 14.3 Å². The molecule has 0 spiro atoms. The summed E-state index contributed by atoms with van der Waals surface area (Å²) in [5.74, 6) is 1.37. The molecule has 1 atom stereocenters. The lowest BCUT2D eigenvalue weighted by molar-refractivity contribution is 0.340. The van der Waals surface area contributed by atoms with Crippen molar-refractivity contribution in [1.29, 1.82) is 0 Å². The minimum absolute atomic E-state index is 0.533. The SMILES string of the molecule is CCOc1cc([S+](C)[O-])ccc1-c1nc2ncccc2[nH]1. The Balaban J connectivity index is 2.11. The number of hydrogen-bond donors (Lipinski definition) is 1. The van der Waals surface area contributed by atoms with E-state index < -0.39 is 11.2 Å². The largest absolute Gasteiger partial charge is 0.612 e. The van der Waals surface area contributed by atoms with Gasteiger partial charge >= 0.3 is 0 Å². The lowest BCUT2D eigenvalue weighted by Gasteiger charge is -2.11. The van der Waals surface area contributed by atoms with Crippen molar-refractivity contribution < 1.29 is 9.29 Å². The quantitative estimate of drug-likeness (QED) is 0.752. The topological polar surface area (TPSA) is 73.9 Å². The van der Waals surface area contributed by atoms with Gasteiger partial charge in [-0.15, -0.1) is 0 Å². The van der Waals surface area contributed by atoms with Crippen molar-refractivity contribution in [3.8, 4) is 17.1 Å². The molecule has 2 aromatic heterocycles. The fraction of sp³-hybridized carbons (Fsp3) is 0.200. The van der Waals surface area contributed by atoms with E-state index in [4.69, 9.17) is 4.74 Å². The summed E-state index contributed by atoms with van der Waals surface area (Å²) in [7, 11) is 0. The second-order valence-corrected chi connectivity index (χ2v) is 5.88. The number of nitrogens with zero attached hydrogens (tertiary/aromatic N) is 2. The van der Waals surface area contributed by atoms with Crippen LogP contribution in [0.15, 0.2) is 41.4 Å². The Kier molecular flexibility index (Phi) is 3.81. The molecule has 1 N–H and O–H groups in total. The van der Waals surface area contributed by atoms with Gasteiger partial charge in [0.05, 0.1) is 17.7 Å². The van der Waals surface area contributed by atoms with Crippen molar-refractivity contribution in [2.75, 3.05) is 12.9 Å². The molecule has 0 aliphatic carbocycles. The molecule has 0 aliphatic heterocycles. The highest BCUT2D eigenvalue weighted by molar-refractivity contribution is 7.90. The minimum Gasteiger partial charge on any atom is -0.612 e. The Morgan fingerprint density at radius 2 is 2.19 bits per heavy atom. The van der Waals surface area contributed by atoms with Gasteiger partial charge in [-0.3, -0.25) is 0 Å². The minimum atomic E-state index is -1.05. The van der Waals surface area contributed by atoms with Crippen LogP contribution in [0, 0.1) is 0 Å². The molecule has 0 saturated carbocycles. The number of imidazole rings is 1. The zero-order valence-electron chi connectivity index (χ0n) is 11.8. The highest BCUT2D eigenvalue weighted by Crippen LogP contribution is 2.31. The average Bonchev–Trinajstić information content (AvgIpc) is 2.91. The monoisotopic (exact) mass is 301 g/mol. The van der Waals surface area contributed by atoms with E-state index in [0.29, 0.717) is 23.8 Å². The Morgan fingerprint density at radius 3 is 2.90 bits per heavy atom. The van der Waals surface area contributed by atoms with E-state index in [1.165, 1.54) is 0 Å². The van der Waals surface area contributed by atoms with E-state index in [0.717, 1.165) is 16.0 Å². The first-order valence-electron chi connectivity index (χ1n) is 6.60. The van der Waals surface area contributed by atoms with Gasteiger partial charge in [0, 0.05) is 12.3 Å². The van der Waals surface area contributed by atoms with E-state index in [1.54, 1.807) is 18.5 Å². The van der Waals surface area contributed by atoms with Gasteiger partial charge in [0.25, 0.3) is 0 Å². The van der Waals surface area contributed by atoms with E-state index in [9.17, 15) is 4.55 Å². The van der Waals surface area contributed by atoms with Crippen LogP contribution in [0.1, 0.15) is 6.92 Å². The molecule has 0 saturated heterocycles. The Hall–Kier alpha value is -2.05. The van der Waals surface area contributed by atoms with Crippen LogP contribution in [0.3, 0.4) is 0 Å². The maximum absolute atomic E-state index is 11.6. The van der Waals surface area contributed by atoms with Crippen molar-refractivity contribution in [2.45, 2.75) is 11.8 Å². The van der Waals surface area contributed by atoms with Crippen molar-refractivity contribution in [3.05, 3.63) is 36.5 Å². The van der Waals surface area contributed by atoms with Crippen molar-refractivity contribution in [3.63, 3.8) is 0 Å². The first-order chi connectivity index (χ1) is 10.2.